The van der Waals surface area contributed by atoms with E-state index in [0.29, 0.717) is 29.7 Å². The molecule has 1 aromatic carbocycles. The Bertz CT molecular complexity index is 918. The van der Waals surface area contributed by atoms with Crippen LogP contribution in [0.2, 0.25) is 0 Å². The number of imidazole rings is 1. The predicted octanol–water partition coefficient (Wildman–Crippen LogP) is 3.13. The molecule has 0 radical (unpaired) electrons. The molecule has 7 heteroatoms. The summed E-state index contributed by atoms with van der Waals surface area (Å²) in [4.78, 5) is 20.8. The molecule has 3 aromatic rings. The summed E-state index contributed by atoms with van der Waals surface area (Å²) in [6.07, 6.45) is 7.17. The maximum Gasteiger partial charge on any atom is 0.270 e. The van der Waals surface area contributed by atoms with Gasteiger partial charge in [0.15, 0.2) is 0 Å². The number of nitrogens with one attached hydrogen (secondary N) is 1. The van der Waals surface area contributed by atoms with Crippen LogP contribution in [0.3, 0.4) is 0 Å². The standard InChI is InChI=1S/C20H19FN4O2/c21-16-4-6-17(7-5-16)25-13-22-11-18(25)20(26)24-10-15-3-8-19(23-9-15)27-12-14-1-2-14/h3-9,11,13-14H,1-2,10,12H2,(H,24,26). The van der Waals surface area contributed by atoms with E-state index in [1.54, 1.807) is 22.9 Å². The lowest BCUT2D eigenvalue weighted by molar-refractivity contribution is 0.0944. The number of nitrogens with zero attached hydrogens (tertiary/aromatic N) is 3. The molecule has 6 nitrogen and oxygen atoms in total. The number of ether oxygens (including phenoxy) is 1. The first kappa shape index (κ1) is 17.2. The number of pyridine rings is 1. The number of hydrogen-bond donors (Lipinski definition) is 1. The highest BCUT2D eigenvalue weighted by Crippen LogP contribution is 2.29. The van der Waals surface area contributed by atoms with Crippen LogP contribution < -0.4 is 10.1 Å². The quantitative estimate of drug-likeness (QED) is 0.698. The van der Waals surface area contributed by atoms with Gasteiger partial charge in [0.1, 0.15) is 11.5 Å². The topological polar surface area (TPSA) is 69.0 Å². The molecular weight excluding hydrogens is 347 g/mol. The Morgan fingerprint density at radius 1 is 1.19 bits per heavy atom. The summed E-state index contributed by atoms with van der Waals surface area (Å²) in [6, 6.07) is 9.57. The molecule has 1 saturated carbocycles. The highest BCUT2D eigenvalue weighted by Gasteiger charge is 2.22. The van der Waals surface area contributed by atoms with Crippen molar-refractivity contribution in [1.29, 1.82) is 0 Å². The number of rotatable bonds is 7. The summed E-state index contributed by atoms with van der Waals surface area (Å²) < 4.78 is 20.3. The molecule has 2 aromatic heterocycles. The van der Waals surface area contributed by atoms with Crippen molar-refractivity contribution >= 4 is 5.91 Å². The highest BCUT2D eigenvalue weighted by atomic mass is 19.1. The zero-order chi connectivity index (χ0) is 18.6. The van der Waals surface area contributed by atoms with E-state index in [1.807, 2.05) is 12.1 Å². The van der Waals surface area contributed by atoms with Crippen molar-refractivity contribution in [2.45, 2.75) is 19.4 Å². The van der Waals surface area contributed by atoms with Gasteiger partial charge in [0.25, 0.3) is 5.91 Å². The molecule has 2 heterocycles. The second-order valence-electron chi connectivity index (χ2n) is 6.57. The SMILES string of the molecule is O=C(NCc1ccc(OCC2CC2)nc1)c1cncn1-c1ccc(F)cc1. The second kappa shape index (κ2) is 7.57. The van der Waals surface area contributed by atoms with Crippen molar-refractivity contribution in [2.75, 3.05) is 6.61 Å². The zero-order valence-electron chi connectivity index (χ0n) is 14.6. The Balaban J connectivity index is 1.37. The fourth-order valence-corrected chi connectivity index (χ4v) is 2.63. The van der Waals surface area contributed by atoms with Gasteiger partial charge in [0.2, 0.25) is 5.88 Å². The van der Waals surface area contributed by atoms with E-state index in [4.69, 9.17) is 4.74 Å². The first-order valence-corrected chi connectivity index (χ1v) is 8.83. The number of carbonyl (C=O) groups excluding carboxylic acids is 1. The molecule has 27 heavy (non-hydrogen) atoms. The third-order valence-corrected chi connectivity index (χ3v) is 4.39. The van der Waals surface area contributed by atoms with Gasteiger partial charge < -0.3 is 10.1 Å². The number of amides is 1. The molecule has 0 aliphatic heterocycles. The summed E-state index contributed by atoms with van der Waals surface area (Å²) >= 11 is 0. The smallest absolute Gasteiger partial charge is 0.270 e. The van der Waals surface area contributed by atoms with Crippen molar-refractivity contribution in [1.82, 2.24) is 19.9 Å². The normalized spacial score (nSPS) is 13.4. The number of hydrogen-bond acceptors (Lipinski definition) is 4. The average molecular weight is 366 g/mol. The first-order chi connectivity index (χ1) is 13.2. The Kier molecular flexibility index (Phi) is 4.82. The summed E-state index contributed by atoms with van der Waals surface area (Å²) in [5.41, 5.74) is 1.91. The molecule has 0 spiro atoms. The molecule has 1 aliphatic rings. The summed E-state index contributed by atoms with van der Waals surface area (Å²) in [6.45, 7) is 1.06. The van der Waals surface area contributed by atoms with E-state index < -0.39 is 0 Å². The zero-order valence-corrected chi connectivity index (χ0v) is 14.6. The second-order valence-corrected chi connectivity index (χ2v) is 6.57. The minimum absolute atomic E-state index is 0.272. The van der Waals surface area contributed by atoms with Gasteiger partial charge in [-0.1, -0.05) is 6.07 Å². The fourth-order valence-electron chi connectivity index (χ4n) is 2.63. The third kappa shape index (κ3) is 4.31. The first-order valence-electron chi connectivity index (χ1n) is 8.83. The third-order valence-electron chi connectivity index (χ3n) is 4.39. The van der Waals surface area contributed by atoms with E-state index in [9.17, 15) is 9.18 Å². The van der Waals surface area contributed by atoms with Crippen molar-refractivity contribution in [3.8, 4) is 11.6 Å². The maximum absolute atomic E-state index is 13.1. The van der Waals surface area contributed by atoms with Crippen molar-refractivity contribution in [3.05, 3.63) is 72.2 Å². The van der Waals surface area contributed by atoms with Crippen LogP contribution in [0.15, 0.2) is 55.1 Å². The van der Waals surface area contributed by atoms with E-state index in [1.165, 1.54) is 37.5 Å². The highest BCUT2D eigenvalue weighted by molar-refractivity contribution is 5.92. The van der Waals surface area contributed by atoms with E-state index in [0.717, 1.165) is 12.2 Å². The van der Waals surface area contributed by atoms with Crippen LogP contribution in [-0.2, 0) is 6.54 Å². The van der Waals surface area contributed by atoms with Crippen molar-refractivity contribution in [2.24, 2.45) is 5.92 Å². The van der Waals surface area contributed by atoms with Crippen LogP contribution in [0, 0.1) is 11.7 Å². The van der Waals surface area contributed by atoms with Crippen LogP contribution in [0.25, 0.3) is 5.69 Å². The number of halogens is 1. The van der Waals surface area contributed by atoms with Crippen molar-refractivity contribution in [3.63, 3.8) is 0 Å². The monoisotopic (exact) mass is 366 g/mol. The van der Waals surface area contributed by atoms with Crippen LogP contribution in [0.1, 0.15) is 28.9 Å². The number of aromatic nitrogens is 3. The molecule has 1 N–H and O–H groups in total. The molecule has 1 aliphatic carbocycles. The van der Waals surface area contributed by atoms with Crippen molar-refractivity contribution < 1.29 is 13.9 Å². The lowest BCUT2D eigenvalue weighted by atomic mass is 10.2. The van der Waals surface area contributed by atoms with Crippen LogP contribution in [0.4, 0.5) is 4.39 Å². The van der Waals surface area contributed by atoms with Gasteiger partial charge in [-0.15, -0.1) is 0 Å². The average Bonchev–Trinajstić information content (AvgIpc) is 3.40. The largest absolute Gasteiger partial charge is 0.477 e. The number of carbonyl (C=O) groups is 1. The van der Waals surface area contributed by atoms with Gasteiger partial charge in [-0.3, -0.25) is 9.36 Å². The van der Waals surface area contributed by atoms with Gasteiger partial charge in [-0.25, -0.2) is 14.4 Å². The summed E-state index contributed by atoms with van der Waals surface area (Å²) in [5.74, 6) is 0.677. The lowest BCUT2D eigenvalue weighted by Gasteiger charge is -2.09. The number of benzene rings is 1. The van der Waals surface area contributed by atoms with Gasteiger partial charge in [-0.2, -0.15) is 0 Å². The van der Waals surface area contributed by atoms with Gasteiger partial charge >= 0.3 is 0 Å². The van der Waals surface area contributed by atoms with Crippen LogP contribution in [0.5, 0.6) is 5.88 Å². The Morgan fingerprint density at radius 3 is 2.70 bits per heavy atom. The maximum atomic E-state index is 13.1. The van der Waals surface area contributed by atoms with E-state index >= 15 is 0 Å². The molecule has 1 amide bonds. The van der Waals surface area contributed by atoms with Gasteiger partial charge in [0.05, 0.1) is 19.1 Å². The molecule has 0 saturated heterocycles. The molecule has 1 fully saturated rings. The molecule has 4 rings (SSSR count). The molecule has 0 bridgehead atoms. The molecule has 0 atom stereocenters. The Hall–Kier alpha value is -3.22. The minimum atomic E-state index is -0.332. The molecular formula is C20H19FN4O2. The summed E-state index contributed by atoms with van der Waals surface area (Å²) in [5, 5.41) is 2.85. The van der Waals surface area contributed by atoms with E-state index in [2.05, 4.69) is 15.3 Å². The Labute approximate surface area is 156 Å². The minimum Gasteiger partial charge on any atom is -0.477 e. The fraction of sp³-hybridized carbons (Fsp3) is 0.250. The van der Waals surface area contributed by atoms with Crippen LogP contribution >= 0.6 is 0 Å². The molecule has 0 unspecified atom stereocenters. The van der Waals surface area contributed by atoms with E-state index in [-0.39, 0.29) is 11.7 Å². The Morgan fingerprint density at radius 2 is 2.00 bits per heavy atom. The lowest BCUT2D eigenvalue weighted by Crippen LogP contribution is -2.25. The van der Waals surface area contributed by atoms with Gasteiger partial charge in [0, 0.05) is 24.5 Å². The molecule has 138 valence electrons. The van der Waals surface area contributed by atoms with Gasteiger partial charge in [-0.05, 0) is 48.6 Å². The summed E-state index contributed by atoms with van der Waals surface area (Å²) in [7, 11) is 0. The van der Waals surface area contributed by atoms with Crippen LogP contribution in [-0.4, -0.2) is 27.0 Å². The predicted molar refractivity (Wildman–Crippen MR) is 97.1 cm³/mol.